The molecule has 0 spiro atoms. The average molecular weight is 749 g/mol. The van der Waals surface area contributed by atoms with Crippen molar-refractivity contribution in [1.82, 2.24) is 0 Å². The largest absolute Gasteiger partial charge is 0.472 e. The maximum atomic E-state index is 12.6. The van der Waals surface area contributed by atoms with Crippen LogP contribution in [0.5, 0.6) is 0 Å². The molecule has 0 aliphatic carbocycles. The molecule has 0 fully saturated rings. The van der Waals surface area contributed by atoms with Gasteiger partial charge >= 0.3 is 19.8 Å². The summed E-state index contributed by atoms with van der Waals surface area (Å²) < 4.78 is 32.6. The zero-order chi connectivity index (χ0) is 37.7. The molecule has 0 aromatic rings. The highest BCUT2D eigenvalue weighted by molar-refractivity contribution is 7.47. The Balaban J connectivity index is 4.30. The second-order valence-electron chi connectivity index (χ2n) is 14.0. The van der Waals surface area contributed by atoms with Gasteiger partial charge in [-0.2, -0.15) is 0 Å². The van der Waals surface area contributed by atoms with Gasteiger partial charge in [0, 0.05) is 12.8 Å². The molecule has 51 heavy (non-hydrogen) atoms. The molecule has 0 amide bonds. The van der Waals surface area contributed by atoms with Crippen LogP contribution < -0.4 is 0 Å². The first-order valence-electron chi connectivity index (χ1n) is 20.6. The number of aliphatic hydroxyl groups is 2. The van der Waals surface area contributed by atoms with Crippen LogP contribution in [0.1, 0.15) is 194 Å². The molecule has 0 saturated carbocycles. The van der Waals surface area contributed by atoms with Gasteiger partial charge in [0.2, 0.25) is 0 Å². The fraction of sp³-hybridized carbons (Fsp3) is 0.900. The van der Waals surface area contributed by atoms with Crippen molar-refractivity contribution in [1.29, 1.82) is 0 Å². The first-order chi connectivity index (χ1) is 24.7. The molecule has 3 N–H and O–H groups in total. The summed E-state index contributed by atoms with van der Waals surface area (Å²) in [5, 5.41) is 18.3. The molecule has 11 heteroatoms. The van der Waals surface area contributed by atoms with E-state index in [4.69, 9.17) is 19.1 Å². The second kappa shape index (κ2) is 37.0. The number of rotatable bonds is 39. The van der Waals surface area contributed by atoms with Crippen molar-refractivity contribution in [3.05, 3.63) is 12.2 Å². The molecule has 302 valence electrons. The number of hydrogen-bond donors (Lipinski definition) is 3. The molecule has 0 heterocycles. The SMILES string of the molecule is CCCCCCC=CCCCCCCCC(=O)O[C@H](COC(=O)CCCCCCCCCCCCCCCCC)COP(=O)(O)OC[C@@H](O)CO. The zero-order valence-electron chi connectivity index (χ0n) is 32.6. The number of carbonyl (C=O) groups excluding carboxylic acids is 2. The molecule has 0 aliphatic heterocycles. The third kappa shape index (κ3) is 36.8. The van der Waals surface area contributed by atoms with E-state index < -0.39 is 51.8 Å². The van der Waals surface area contributed by atoms with Crippen LogP contribution in [-0.2, 0) is 32.7 Å². The number of phosphoric ester groups is 1. The van der Waals surface area contributed by atoms with Crippen LogP contribution in [0.4, 0.5) is 0 Å². The predicted molar refractivity (Wildman–Crippen MR) is 205 cm³/mol. The molecule has 10 nitrogen and oxygen atoms in total. The Bertz CT molecular complexity index is 868. The number of allylic oxidation sites excluding steroid dienone is 2. The number of carbonyl (C=O) groups is 2. The highest BCUT2D eigenvalue weighted by Crippen LogP contribution is 2.43. The molecule has 0 radical (unpaired) electrons. The molecule has 1 unspecified atom stereocenters. The summed E-state index contributed by atoms with van der Waals surface area (Å²) in [6, 6.07) is 0. The summed E-state index contributed by atoms with van der Waals surface area (Å²) >= 11 is 0. The topological polar surface area (TPSA) is 149 Å². The van der Waals surface area contributed by atoms with Gasteiger partial charge in [0.25, 0.3) is 0 Å². The van der Waals surface area contributed by atoms with E-state index in [2.05, 4.69) is 30.5 Å². The third-order valence-electron chi connectivity index (χ3n) is 8.92. The fourth-order valence-electron chi connectivity index (χ4n) is 5.69. The van der Waals surface area contributed by atoms with Crippen molar-refractivity contribution < 1.29 is 47.8 Å². The molecular formula is C40H77O10P. The first kappa shape index (κ1) is 49.7. The van der Waals surface area contributed by atoms with E-state index >= 15 is 0 Å². The summed E-state index contributed by atoms with van der Waals surface area (Å²) in [4.78, 5) is 34.9. The molecule has 0 aliphatic rings. The molecule has 3 atom stereocenters. The third-order valence-corrected chi connectivity index (χ3v) is 9.87. The van der Waals surface area contributed by atoms with Crippen molar-refractivity contribution >= 4 is 19.8 Å². The number of esters is 2. The van der Waals surface area contributed by atoms with Gasteiger partial charge < -0.3 is 24.6 Å². The summed E-state index contributed by atoms with van der Waals surface area (Å²) in [6.45, 7) is 2.37. The van der Waals surface area contributed by atoms with Crippen LogP contribution in [0.2, 0.25) is 0 Å². The molecule has 0 rings (SSSR count). The van der Waals surface area contributed by atoms with Gasteiger partial charge in [-0.3, -0.25) is 18.6 Å². The molecule has 0 aromatic carbocycles. The smallest absolute Gasteiger partial charge is 0.462 e. The quantitative estimate of drug-likeness (QED) is 0.0240. The first-order valence-corrected chi connectivity index (χ1v) is 22.1. The van der Waals surface area contributed by atoms with Gasteiger partial charge in [-0.25, -0.2) is 4.57 Å². The van der Waals surface area contributed by atoms with Crippen LogP contribution in [0, 0.1) is 0 Å². The summed E-state index contributed by atoms with van der Waals surface area (Å²) in [6.07, 6.45) is 33.2. The van der Waals surface area contributed by atoms with Gasteiger partial charge in [-0.15, -0.1) is 0 Å². The van der Waals surface area contributed by atoms with Crippen LogP contribution >= 0.6 is 7.82 Å². The number of hydrogen-bond acceptors (Lipinski definition) is 9. The lowest BCUT2D eigenvalue weighted by molar-refractivity contribution is -0.161. The minimum atomic E-state index is -4.61. The van der Waals surface area contributed by atoms with Gasteiger partial charge in [0.05, 0.1) is 19.8 Å². The maximum absolute atomic E-state index is 12.6. The summed E-state index contributed by atoms with van der Waals surface area (Å²) in [7, 11) is -4.61. The second-order valence-corrected chi connectivity index (χ2v) is 15.5. The standard InChI is InChI=1S/C40H77O10P/c1-3-5-7-9-11-13-15-17-18-20-21-23-25-27-29-31-39(43)47-35-38(36-49-51(45,46)48-34-37(42)33-41)50-40(44)32-30-28-26-24-22-19-16-14-12-10-8-6-4-2/h14,16,37-38,41-42H,3-13,15,17-36H2,1-2H3,(H,45,46)/t37-,38+/m0/s1. The van der Waals surface area contributed by atoms with Gasteiger partial charge in [-0.1, -0.05) is 154 Å². The minimum Gasteiger partial charge on any atom is -0.462 e. The molecule has 0 bridgehead atoms. The van der Waals surface area contributed by atoms with E-state index in [1.165, 1.54) is 96.3 Å². The summed E-state index contributed by atoms with van der Waals surface area (Å²) in [5.74, 6) is -0.927. The van der Waals surface area contributed by atoms with E-state index in [9.17, 15) is 24.2 Å². The fourth-order valence-corrected chi connectivity index (χ4v) is 6.48. The predicted octanol–water partition coefficient (Wildman–Crippen LogP) is 10.4. The molecule has 0 saturated heterocycles. The molecule has 0 aromatic heterocycles. The Hall–Kier alpha value is -1.29. The van der Waals surface area contributed by atoms with E-state index in [0.717, 1.165) is 57.8 Å². The number of ether oxygens (including phenoxy) is 2. The highest BCUT2D eigenvalue weighted by Gasteiger charge is 2.27. The van der Waals surface area contributed by atoms with Crippen molar-refractivity contribution in [2.45, 2.75) is 206 Å². The van der Waals surface area contributed by atoms with Crippen LogP contribution in [-0.4, -0.2) is 65.7 Å². The van der Waals surface area contributed by atoms with Crippen LogP contribution in [0.15, 0.2) is 12.2 Å². The monoisotopic (exact) mass is 749 g/mol. The van der Waals surface area contributed by atoms with Crippen molar-refractivity contribution in [3.8, 4) is 0 Å². The number of unbranched alkanes of at least 4 members (excludes halogenated alkanes) is 23. The Morgan fingerprint density at radius 2 is 0.961 bits per heavy atom. The number of phosphoric acid groups is 1. The van der Waals surface area contributed by atoms with Crippen molar-refractivity contribution in [3.63, 3.8) is 0 Å². The van der Waals surface area contributed by atoms with E-state index in [-0.39, 0.29) is 19.4 Å². The maximum Gasteiger partial charge on any atom is 0.472 e. The van der Waals surface area contributed by atoms with E-state index in [1.54, 1.807) is 0 Å². The van der Waals surface area contributed by atoms with Crippen LogP contribution in [0.3, 0.4) is 0 Å². The van der Waals surface area contributed by atoms with Gasteiger partial charge in [0.15, 0.2) is 6.10 Å². The average Bonchev–Trinajstić information content (AvgIpc) is 3.12. The number of aliphatic hydroxyl groups excluding tert-OH is 2. The van der Waals surface area contributed by atoms with Gasteiger partial charge in [0.1, 0.15) is 12.7 Å². The Labute approximate surface area is 311 Å². The summed E-state index contributed by atoms with van der Waals surface area (Å²) in [5.41, 5.74) is 0. The lowest BCUT2D eigenvalue weighted by Crippen LogP contribution is -2.29. The van der Waals surface area contributed by atoms with E-state index in [1.807, 2.05) is 0 Å². The van der Waals surface area contributed by atoms with Gasteiger partial charge in [-0.05, 0) is 38.5 Å². The lowest BCUT2D eigenvalue weighted by atomic mass is 10.0. The van der Waals surface area contributed by atoms with Crippen molar-refractivity contribution in [2.75, 3.05) is 26.4 Å². The minimum absolute atomic E-state index is 0.178. The highest BCUT2D eigenvalue weighted by atomic mass is 31.2. The Kier molecular flexibility index (Phi) is 36.1. The van der Waals surface area contributed by atoms with Crippen molar-refractivity contribution in [2.24, 2.45) is 0 Å². The normalized spacial score (nSPS) is 14.1. The lowest BCUT2D eigenvalue weighted by Gasteiger charge is -2.20. The van der Waals surface area contributed by atoms with E-state index in [0.29, 0.717) is 12.8 Å². The zero-order valence-corrected chi connectivity index (χ0v) is 33.5. The molecular weight excluding hydrogens is 671 g/mol. The Morgan fingerprint density at radius 3 is 1.43 bits per heavy atom. The van der Waals surface area contributed by atoms with Crippen LogP contribution in [0.25, 0.3) is 0 Å². The Morgan fingerprint density at radius 1 is 0.569 bits per heavy atom.